The Bertz CT molecular complexity index is 1130. The first kappa shape index (κ1) is 19.2. The molecule has 1 unspecified atom stereocenters. The second-order valence-corrected chi connectivity index (χ2v) is 8.61. The highest BCUT2D eigenvalue weighted by Gasteiger charge is 2.25. The molecule has 29 heavy (non-hydrogen) atoms. The molecule has 0 spiro atoms. The number of nitrogens with zero attached hydrogens (tertiary/aromatic N) is 1. The first-order valence-corrected chi connectivity index (χ1v) is 10.8. The van der Waals surface area contributed by atoms with Crippen LogP contribution in [0.3, 0.4) is 0 Å². The van der Waals surface area contributed by atoms with Gasteiger partial charge >= 0.3 is 10.1 Å². The molecule has 0 saturated carbocycles. The third-order valence-electron chi connectivity index (χ3n) is 4.92. The fraction of sp³-hybridized carbons (Fsp3) is 0.174. The van der Waals surface area contributed by atoms with Crippen LogP contribution in [0.2, 0.25) is 0 Å². The lowest BCUT2D eigenvalue weighted by molar-refractivity contribution is 0.337. The fourth-order valence-electron chi connectivity index (χ4n) is 3.40. The first-order chi connectivity index (χ1) is 14.0. The average Bonchev–Trinajstić information content (AvgIpc) is 3.28. The smallest absolute Gasteiger partial charge is 0.358 e. The van der Waals surface area contributed by atoms with Gasteiger partial charge in [0.15, 0.2) is 0 Å². The second-order valence-electron chi connectivity index (χ2n) is 7.08. The second kappa shape index (κ2) is 8.09. The van der Waals surface area contributed by atoms with E-state index in [-0.39, 0.29) is 10.8 Å². The summed E-state index contributed by atoms with van der Waals surface area (Å²) in [6, 6.07) is 20.2. The number of benzene rings is 2. The largest absolute Gasteiger partial charge is 0.469 e. The molecule has 1 aliphatic carbocycles. The molecule has 6 heteroatoms. The SMILES string of the molecule is Cc1ccc(S(=O)(=O)O/N=C2\C=C(c3ccccc3)CC(c3ccco3)C2)cc1. The molecule has 5 nitrogen and oxygen atoms in total. The molecule has 148 valence electrons. The summed E-state index contributed by atoms with van der Waals surface area (Å²) in [7, 11) is -3.97. The Labute approximate surface area is 170 Å². The maximum atomic E-state index is 12.5. The standard InChI is InChI=1S/C23H21NO4S/c1-17-9-11-22(12-10-17)29(25,26)28-24-21-15-19(18-6-3-2-4-7-18)14-20(16-21)23-8-5-13-27-23/h2-13,15,20H,14,16H2,1H3/b24-21+. The Morgan fingerprint density at radius 1 is 0.966 bits per heavy atom. The van der Waals surface area contributed by atoms with Gasteiger partial charge in [0.1, 0.15) is 10.7 Å². The van der Waals surface area contributed by atoms with E-state index in [1.54, 1.807) is 18.4 Å². The molecule has 0 N–H and O–H groups in total. The molecule has 2 aromatic carbocycles. The van der Waals surface area contributed by atoms with E-state index in [4.69, 9.17) is 8.70 Å². The molecule has 1 heterocycles. The van der Waals surface area contributed by atoms with Crippen molar-refractivity contribution < 1.29 is 17.1 Å². The maximum Gasteiger partial charge on any atom is 0.358 e. The monoisotopic (exact) mass is 407 g/mol. The van der Waals surface area contributed by atoms with Crippen LogP contribution in [0.5, 0.6) is 0 Å². The van der Waals surface area contributed by atoms with Gasteiger partial charge in [-0.1, -0.05) is 53.2 Å². The summed E-state index contributed by atoms with van der Waals surface area (Å²) in [5.41, 5.74) is 3.66. The summed E-state index contributed by atoms with van der Waals surface area (Å²) in [5.74, 6) is 0.912. The van der Waals surface area contributed by atoms with Crippen LogP contribution in [0.15, 0.2) is 93.5 Å². The number of allylic oxidation sites excluding steroid dienone is 2. The number of rotatable bonds is 5. The summed E-state index contributed by atoms with van der Waals surface area (Å²) in [4.78, 5) is 0.0816. The third-order valence-corrected chi connectivity index (χ3v) is 6.04. The molecule has 0 aliphatic heterocycles. The number of hydrogen-bond acceptors (Lipinski definition) is 5. The van der Waals surface area contributed by atoms with Gasteiger partial charge in [-0.15, -0.1) is 0 Å². The van der Waals surface area contributed by atoms with Gasteiger partial charge in [-0.05, 0) is 54.8 Å². The highest BCUT2D eigenvalue weighted by Crippen LogP contribution is 2.36. The molecular formula is C23H21NO4S. The van der Waals surface area contributed by atoms with Crippen molar-refractivity contribution in [1.29, 1.82) is 0 Å². The molecule has 0 saturated heterocycles. The van der Waals surface area contributed by atoms with Crippen LogP contribution in [0, 0.1) is 6.92 Å². The van der Waals surface area contributed by atoms with E-state index in [9.17, 15) is 8.42 Å². The van der Waals surface area contributed by atoms with E-state index in [0.717, 1.165) is 28.9 Å². The third kappa shape index (κ3) is 4.49. The van der Waals surface area contributed by atoms with Gasteiger partial charge in [0.2, 0.25) is 0 Å². The van der Waals surface area contributed by atoms with Gasteiger partial charge in [0.05, 0.1) is 12.0 Å². The molecule has 4 rings (SSSR count). The molecule has 0 bridgehead atoms. The molecule has 0 radical (unpaired) electrons. The van der Waals surface area contributed by atoms with Crippen LogP contribution in [-0.2, 0) is 14.4 Å². The van der Waals surface area contributed by atoms with Gasteiger partial charge in [0, 0.05) is 12.3 Å². The minimum absolute atomic E-state index is 0.0645. The van der Waals surface area contributed by atoms with E-state index < -0.39 is 10.1 Å². The summed E-state index contributed by atoms with van der Waals surface area (Å²) in [6.45, 7) is 1.89. The Kier molecular flexibility index (Phi) is 5.36. The summed E-state index contributed by atoms with van der Waals surface area (Å²) in [5, 5.41) is 4.00. The number of aryl methyl sites for hydroxylation is 1. The summed E-state index contributed by atoms with van der Waals surface area (Å²) >= 11 is 0. The Balaban J connectivity index is 1.64. The zero-order chi connectivity index (χ0) is 20.3. The van der Waals surface area contributed by atoms with Crippen molar-refractivity contribution in [3.8, 4) is 0 Å². The van der Waals surface area contributed by atoms with Gasteiger partial charge < -0.3 is 4.42 Å². The topological polar surface area (TPSA) is 68.9 Å². The molecule has 0 fully saturated rings. The number of hydrogen-bond donors (Lipinski definition) is 0. The number of oxime groups is 1. The lowest BCUT2D eigenvalue weighted by Gasteiger charge is -2.22. The van der Waals surface area contributed by atoms with Crippen LogP contribution in [0.1, 0.15) is 35.6 Å². The lowest BCUT2D eigenvalue weighted by atomic mass is 9.83. The lowest BCUT2D eigenvalue weighted by Crippen LogP contribution is -2.14. The zero-order valence-corrected chi connectivity index (χ0v) is 16.8. The van der Waals surface area contributed by atoms with E-state index in [2.05, 4.69) is 5.16 Å². The van der Waals surface area contributed by atoms with E-state index in [0.29, 0.717) is 12.1 Å². The highest BCUT2D eigenvalue weighted by atomic mass is 32.2. The van der Waals surface area contributed by atoms with E-state index in [1.807, 2.05) is 55.5 Å². The van der Waals surface area contributed by atoms with Crippen LogP contribution in [-0.4, -0.2) is 14.1 Å². The van der Waals surface area contributed by atoms with Crippen molar-refractivity contribution in [3.63, 3.8) is 0 Å². The average molecular weight is 407 g/mol. The first-order valence-electron chi connectivity index (χ1n) is 9.38. The minimum atomic E-state index is -3.97. The predicted molar refractivity (Wildman–Crippen MR) is 112 cm³/mol. The van der Waals surface area contributed by atoms with Gasteiger partial charge in [-0.2, -0.15) is 8.42 Å². The zero-order valence-electron chi connectivity index (χ0n) is 16.0. The minimum Gasteiger partial charge on any atom is -0.469 e. The van der Waals surface area contributed by atoms with Crippen molar-refractivity contribution >= 4 is 21.4 Å². The highest BCUT2D eigenvalue weighted by molar-refractivity contribution is 7.86. The molecule has 1 atom stereocenters. The molecule has 3 aromatic rings. The molecule has 0 amide bonds. The van der Waals surface area contributed by atoms with E-state index >= 15 is 0 Å². The maximum absolute atomic E-state index is 12.5. The van der Waals surface area contributed by atoms with E-state index in [1.165, 1.54) is 12.1 Å². The summed E-state index contributed by atoms with van der Waals surface area (Å²) < 4.78 is 35.6. The number of furan rings is 1. The summed E-state index contributed by atoms with van der Waals surface area (Å²) in [6.07, 6.45) is 4.86. The fourth-order valence-corrected chi connectivity index (χ4v) is 4.15. The van der Waals surface area contributed by atoms with Crippen molar-refractivity contribution in [1.82, 2.24) is 0 Å². The van der Waals surface area contributed by atoms with Gasteiger partial charge in [-0.3, -0.25) is 4.28 Å². The van der Waals surface area contributed by atoms with Crippen molar-refractivity contribution in [3.05, 3.63) is 96.0 Å². The Morgan fingerprint density at radius 3 is 2.41 bits per heavy atom. The van der Waals surface area contributed by atoms with Gasteiger partial charge in [-0.25, -0.2) is 0 Å². The van der Waals surface area contributed by atoms with Crippen molar-refractivity contribution in [2.75, 3.05) is 0 Å². The van der Waals surface area contributed by atoms with Crippen LogP contribution >= 0.6 is 0 Å². The Morgan fingerprint density at radius 2 is 1.72 bits per heavy atom. The van der Waals surface area contributed by atoms with Crippen molar-refractivity contribution in [2.45, 2.75) is 30.6 Å². The molecular weight excluding hydrogens is 386 g/mol. The molecule has 1 aromatic heterocycles. The van der Waals surface area contributed by atoms with Gasteiger partial charge in [0.25, 0.3) is 0 Å². The van der Waals surface area contributed by atoms with Crippen LogP contribution < -0.4 is 0 Å². The Hall–Kier alpha value is -3.12. The van der Waals surface area contributed by atoms with Crippen LogP contribution in [0.25, 0.3) is 5.57 Å². The normalized spacial score (nSPS) is 18.4. The predicted octanol–water partition coefficient (Wildman–Crippen LogP) is 5.31. The van der Waals surface area contributed by atoms with Crippen molar-refractivity contribution in [2.24, 2.45) is 5.16 Å². The van der Waals surface area contributed by atoms with Crippen LogP contribution in [0.4, 0.5) is 0 Å². The molecule has 1 aliphatic rings. The quantitative estimate of drug-likeness (QED) is 0.538.